The van der Waals surface area contributed by atoms with E-state index in [0.29, 0.717) is 6.54 Å². The average Bonchev–Trinajstić information content (AvgIpc) is 2.72. The van der Waals surface area contributed by atoms with Crippen LogP contribution in [0.5, 0.6) is 0 Å². The van der Waals surface area contributed by atoms with Gasteiger partial charge in [-0.15, -0.1) is 0 Å². The number of rotatable bonds is 3. The van der Waals surface area contributed by atoms with E-state index in [2.05, 4.69) is 5.32 Å². The minimum Gasteiger partial charge on any atom is -0.393 e. The molecule has 0 spiro atoms. The van der Waals surface area contributed by atoms with Gasteiger partial charge in [-0.1, -0.05) is 18.0 Å². The van der Waals surface area contributed by atoms with Gasteiger partial charge in [0, 0.05) is 17.5 Å². The van der Waals surface area contributed by atoms with Crippen LogP contribution in [0, 0.1) is 11.7 Å². The first-order valence-corrected chi connectivity index (χ1v) is 6.37. The molecule has 2 N–H and O–H groups in total. The fraction of sp³-hybridized carbons (Fsp3) is 0.462. The molecular formula is C13H15ClFNO2. The quantitative estimate of drug-likeness (QED) is 0.887. The Bertz CT molecular complexity index is 453. The van der Waals surface area contributed by atoms with Crippen molar-refractivity contribution >= 4 is 17.5 Å². The number of amides is 1. The van der Waals surface area contributed by atoms with Crippen molar-refractivity contribution in [2.45, 2.75) is 25.4 Å². The molecule has 2 unspecified atom stereocenters. The van der Waals surface area contributed by atoms with Gasteiger partial charge in [0.2, 0.25) is 0 Å². The van der Waals surface area contributed by atoms with Gasteiger partial charge in [-0.3, -0.25) is 4.79 Å². The van der Waals surface area contributed by atoms with Crippen molar-refractivity contribution in [3.63, 3.8) is 0 Å². The summed E-state index contributed by atoms with van der Waals surface area (Å²) in [6, 6.07) is 3.95. The van der Waals surface area contributed by atoms with Crippen molar-refractivity contribution in [3.8, 4) is 0 Å². The summed E-state index contributed by atoms with van der Waals surface area (Å²) in [6.45, 7) is 0.377. The predicted octanol–water partition coefficient (Wildman–Crippen LogP) is 2.37. The van der Waals surface area contributed by atoms with E-state index in [4.69, 9.17) is 11.6 Å². The molecule has 1 aromatic carbocycles. The topological polar surface area (TPSA) is 49.3 Å². The van der Waals surface area contributed by atoms with E-state index in [9.17, 15) is 14.3 Å². The van der Waals surface area contributed by atoms with Crippen LogP contribution in [0.4, 0.5) is 4.39 Å². The molecule has 3 nitrogen and oxygen atoms in total. The third-order valence-electron chi connectivity index (χ3n) is 3.32. The van der Waals surface area contributed by atoms with Crippen molar-refractivity contribution in [2.75, 3.05) is 6.54 Å². The van der Waals surface area contributed by atoms with E-state index in [-0.39, 0.29) is 22.6 Å². The second-order valence-corrected chi connectivity index (χ2v) is 5.03. The molecule has 18 heavy (non-hydrogen) atoms. The lowest BCUT2D eigenvalue weighted by Gasteiger charge is -2.15. The van der Waals surface area contributed by atoms with Crippen molar-refractivity contribution in [1.29, 1.82) is 0 Å². The molecule has 1 aliphatic carbocycles. The lowest BCUT2D eigenvalue weighted by Crippen LogP contribution is -2.32. The molecule has 2 rings (SSSR count). The third kappa shape index (κ3) is 3.00. The van der Waals surface area contributed by atoms with Crippen molar-refractivity contribution in [2.24, 2.45) is 5.92 Å². The highest BCUT2D eigenvalue weighted by atomic mass is 35.5. The molecule has 1 aromatic rings. The Morgan fingerprint density at radius 1 is 1.50 bits per heavy atom. The summed E-state index contributed by atoms with van der Waals surface area (Å²) in [4.78, 5) is 11.8. The Kier molecular flexibility index (Phi) is 4.19. The minimum absolute atomic E-state index is 0.0214. The van der Waals surface area contributed by atoms with E-state index in [0.717, 1.165) is 25.3 Å². The summed E-state index contributed by atoms with van der Waals surface area (Å²) in [5.41, 5.74) is -0.0214. The number of aliphatic hydroxyl groups is 1. The van der Waals surface area contributed by atoms with Gasteiger partial charge in [-0.25, -0.2) is 4.39 Å². The smallest absolute Gasteiger partial charge is 0.254 e. The summed E-state index contributed by atoms with van der Waals surface area (Å²) >= 11 is 5.62. The normalized spacial score (nSPS) is 23.1. The molecule has 0 heterocycles. The van der Waals surface area contributed by atoms with Crippen LogP contribution in [0.3, 0.4) is 0 Å². The van der Waals surface area contributed by atoms with Gasteiger partial charge in [-0.2, -0.15) is 0 Å². The van der Waals surface area contributed by atoms with Crippen molar-refractivity contribution in [1.82, 2.24) is 5.32 Å². The van der Waals surface area contributed by atoms with Gasteiger partial charge in [-0.05, 0) is 31.0 Å². The van der Waals surface area contributed by atoms with Crippen LogP contribution in [0.1, 0.15) is 29.6 Å². The standard InChI is InChI=1S/C13H15ClFNO2/c14-9-4-5-10(11(15)6-9)13(18)16-7-8-2-1-3-12(8)17/h4-6,8,12,17H,1-3,7H2,(H,16,18). The number of aliphatic hydroxyl groups excluding tert-OH is 1. The van der Waals surface area contributed by atoms with Crippen LogP contribution in [-0.2, 0) is 0 Å². The van der Waals surface area contributed by atoms with E-state index >= 15 is 0 Å². The lowest BCUT2D eigenvalue weighted by atomic mass is 10.1. The first kappa shape index (κ1) is 13.3. The molecule has 98 valence electrons. The van der Waals surface area contributed by atoms with E-state index < -0.39 is 11.7 Å². The molecule has 1 amide bonds. The molecule has 2 atom stereocenters. The largest absolute Gasteiger partial charge is 0.393 e. The maximum absolute atomic E-state index is 13.5. The molecule has 0 aromatic heterocycles. The van der Waals surface area contributed by atoms with Crippen LogP contribution in [0.2, 0.25) is 5.02 Å². The Hall–Kier alpha value is -1.13. The van der Waals surface area contributed by atoms with E-state index in [1.807, 2.05) is 0 Å². The fourth-order valence-electron chi connectivity index (χ4n) is 2.25. The zero-order valence-corrected chi connectivity index (χ0v) is 10.6. The third-order valence-corrected chi connectivity index (χ3v) is 3.55. The SMILES string of the molecule is O=C(NCC1CCCC1O)c1ccc(Cl)cc1F. The van der Waals surface area contributed by atoms with E-state index in [1.54, 1.807) is 0 Å². The summed E-state index contributed by atoms with van der Waals surface area (Å²) in [7, 11) is 0. The van der Waals surface area contributed by atoms with Gasteiger partial charge in [0.15, 0.2) is 0 Å². The maximum Gasteiger partial charge on any atom is 0.254 e. The molecule has 1 fully saturated rings. The van der Waals surface area contributed by atoms with Gasteiger partial charge < -0.3 is 10.4 Å². The monoisotopic (exact) mass is 271 g/mol. The molecular weight excluding hydrogens is 257 g/mol. The van der Waals surface area contributed by atoms with E-state index in [1.165, 1.54) is 12.1 Å². The Morgan fingerprint density at radius 3 is 2.89 bits per heavy atom. The summed E-state index contributed by atoms with van der Waals surface area (Å²) in [5.74, 6) is -1.03. The highest BCUT2D eigenvalue weighted by Gasteiger charge is 2.25. The molecule has 5 heteroatoms. The number of carbonyl (C=O) groups is 1. The number of benzene rings is 1. The highest BCUT2D eigenvalue weighted by Crippen LogP contribution is 2.24. The zero-order valence-electron chi connectivity index (χ0n) is 9.83. The van der Waals surface area contributed by atoms with Crippen LogP contribution in [0.15, 0.2) is 18.2 Å². The summed E-state index contributed by atoms with van der Waals surface area (Å²) in [6.07, 6.45) is 2.28. The predicted molar refractivity (Wildman–Crippen MR) is 67.1 cm³/mol. The minimum atomic E-state index is -0.632. The second kappa shape index (κ2) is 5.67. The van der Waals surface area contributed by atoms with Crippen LogP contribution >= 0.6 is 11.6 Å². The molecule has 0 bridgehead atoms. The summed E-state index contributed by atoms with van der Waals surface area (Å²) in [5, 5.41) is 12.5. The van der Waals surface area contributed by atoms with Crippen LogP contribution < -0.4 is 5.32 Å². The maximum atomic E-state index is 13.5. The Morgan fingerprint density at radius 2 is 2.28 bits per heavy atom. The van der Waals surface area contributed by atoms with Gasteiger partial charge in [0.1, 0.15) is 5.82 Å². The number of hydrogen-bond acceptors (Lipinski definition) is 2. The molecule has 0 saturated heterocycles. The Labute approximate surface area is 110 Å². The van der Waals surface area contributed by atoms with Crippen molar-refractivity contribution in [3.05, 3.63) is 34.6 Å². The second-order valence-electron chi connectivity index (χ2n) is 4.59. The summed E-state index contributed by atoms with van der Waals surface area (Å²) < 4.78 is 13.5. The number of halogens is 2. The molecule has 1 aliphatic rings. The Balaban J connectivity index is 1.95. The van der Waals surface area contributed by atoms with Gasteiger partial charge in [0.25, 0.3) is 5.91 Å². The van der Waals surface area contributed by atoms with Gasteiger partial charge >= 0.3 is 0 Å². The zero-order chi connectivity index (χ0) is 13.1. The lowest BCUT2D eigenvalue weighted by molar-refractivity contribution is 0.0913. The molecule has 0 radical (unpaired) electrons. The van der Waals surface area contributed by atoms with Crippen molar-refractivity contribution < 1.29 is 14.3 Å². The number of hydrogen-bond donors (Lipinski definition) is 2. The molecule has 0 aliphatic heterocycles. The first-order chi connectivity index (χ1) is 8.58. The highest BCUT2D eigenvalue weighted by molar-refractivity contribution is 6.30. The molecule has 1 saturated carbocycles. The average molecular weight is 272 g/mol. The van der Waals surface area contributed by atoms with Crippen LogP contribution in [-0.4, -0.2) is 23.7 Å². The first-order valence-electron chi connectivity index (χ1n) is 5.99. The fourth-order valence-corrected chi connectivity index (χ4v) is 2.41. The van der Waals surface area contributed by atoms with Gasteiger partial charge in [0.05, 0.1) is 11.7 Å². The number of nitrogens with one attached hydrogen (secondary N) is 1. The van der Waals surface area contributed by atoms with Crippen LogP contribution in [0.25, 0.3) is 0 Å². The number of carbonyl (C=O) groups excluding carboxylic acids is 1.